The molecule has 1 heterocycles. The maximum absolute atomic E-state index is 13.2. The lowest BCUT2D eigenvalue weighted by molar-refractivity contribution is -0.695. The van der Waals surface area contributed by atoms with Crippen LogP contribution in [0.5, 0.6) is 5.75 Å². The summed E-state index contributed by atoms with van der Waals surface area (Å²) in [4.78, 5) is 2.71. The minimum absolute atomic E-state index is 0. The number of ether oxygens (including phenoxy) is 1. The van der Waals surface area contributed by atoms with Gasteiger partial charge >= 0.3 is 0 Å². The fourth-order valence-electron chi connectivity index (χ4n) is 1.87. The maximum atomic E-state index is 13.2. The van der Waals surface area contributed by atoms with Crippen molar-refractivity contribution in [1.82, 2.24) is 9.71 Å². The van der Waals surface area contributed by atoms with Gasteiger partial charge in [0.2, 0.25) is 16.4 Å². The van der Waals surface area contributed by atoms with Gasteiger partial charge in [0, 0.05) is 6.54 Å². The van der Waals surface area contributed by atoms with Crippen molar-refractivity contribution in [2.45, 2.75) is 17.9 Å². The molecule has 0 aliphatic carbocycles. The summed E-state index contributed by atoms with van der Waals surface area (Å²) in [7, 11) is -2.46. The molecule has 6 nitrogen and oxygen atoms in total. The predicted molar refractivity (Wildman–Crippen MR) is 73.7 cm³/mol. The first-order valence-electron chi connectivity index (χ1n) is 6.38. The van der Waals surface area contributed by atoms with Crippen molar-refractivity contribution in [3.8, 4) is 5.75 Å². The molecule has 0 bridgehead atoms. The molecule has 1 aromatic heterocycles. The number of nitrogens with zero attached hydrogens (tertiary/aromatic N) is 1. The summed E-state index contributed by atoms with van der Waals surface area (Å²) in [5.41, 5.74) is 0. The average Bonchev–Trinajstić information content (AvgIpc) is 2.97. The Kier molecular flexibility index (Phi) is 6.98. The summed E-state index contributed by atoms with van der Waals surface area (Å²) in [6, 6.07) is 3.39. The zero-order valence-electron chi connectivity index (χ0n) is 11.9. The first-order chi connectivity index (χ1) is 10.0. The smallest absolute Gasteiger partial charge is 0.244 e. The lowest BCUT2D eigenvalue weighted by atomic mass is 10.3. The normalized spacial score (nSPS) is 11.0. The molecule has 2 aromatic rings. The Hall–Kier alpha value is -1.45. The van der Waals surface area contributed by atoms with E-state index in [2.05, 4.69) is 9.71 Å². The number of rotatable bonds is 7. The molecule has 0 aliphatic rings. The monoisotopic (exact) mass is 393 g/mol. The molecule has 0 unspecified atom stereocenters. The molecule has 9 heteroatoms. The Morgan fingerprint density at radius 1 is 1.41 bits per heavy atom. The highest BCUT2D eigenvalue weighted by Gasteiger charge is 2.19. The van der Waals surface area contributed by atoms with Crippen molar-refractivity contribution >= 4 is 10.0 Å². The van der Waals surface area contributed by atoms with Crippen LogP contribution in [0.2, 0.25) is 0 Å². The van der Waals surface area contributed by atoms with E-state index < -0.39 is 15.8 Å². The van der Waals surface area contributed by atoms with Crippen molar-refractivity contribution in [2.75, 3.05) is 13.7 Å². The molecule has 0 saturated heterocycles. The molecule has 0 fully saturated rings. The first-order valence-corrected chi connectivity index (χ1v) is 7.86. The molecule has 122 valence electrons. The van der Waals surface area contributed by atoms with Crippen molar-refractivity contribution in [3.63, 3.8) is 0 Å². The first kappa shape index (κ1) is 18.6. The van der Waals surface area contributed by atoms with Crippen LogP contribution in [0.25, 0.3) is 0 Å². The van der Waals surface area contributed by atoms with Crippen LogP contribution < -0.4 is 31.0 Å². The highest BCUT2D eigenvalue weighted by atomic mass is 79.9. The van der Waals surface area contributed by atoms with Crippen LogP contribution in [0.1, 0.15) is 6.42 Å². The fraction of sp³-hybridized carbons (Fsp3) is 0.308. The summed E-state index contributed by atoms with van der Waals surface area (Å²) < 4.78 is 46.8. The van der Waals surface area contributed by atoms with Gasteiger partial charge in [-0.25, -0.2) is 22.1 Å². The third-order valence-corrected chi connectivity index (χ3v) is 4.39. The summed E-state index contributed by atoms with van der Waals surface area (Å²) in [6.45, 7) is 0.923. The Balaban J connectivity index is 0.00000242. The summed E-state index contributed by atoms with van der Waals surface area (Å²) in [5.74, 6) is -0.511. The zero-order chi connectivity index (χ0) is 15.3. The lowest BCUT2D eigenvalue weighted by Crippen LogP contribution is -3.00. The van der Waals surface area contributed by atoms with Crippen LogP contribution in [0.3, 0.4) is 0 Å². The molecule has 0 aliphatic heterocycles. The van der Waals surface area contributed by atoms with Crippen molar-refractivity contribution in [3.05, 3.63) is 42.7 Å². The van der Waals surface area contributed by atoms with E-state index in [0.717, 1.165) is 12.1 Å². The van der Waals surface area contributed by atoms with E-state index in [4.69, 9.17) is 4.74 Å². The molecule has 0 spiro atoms. The Morgan fingerprint density at radius 3 is 2.82 bits per heavy atom. The van der Waals surface area contributed by atoms with Gasteiger partial charge in [0.25, 0.3) is 0 Å². The number of hydrogen-bond donors (Lipinski definition) is 2. The SMILES string of the molecule is COc1ccc(F)cc1S(=O)(=O)NCCC[n+]1cc[nH]c1.[Br-]. The lowest BCUT2D eigenvalue weighted by Gasteiger charge is -2.10. The van der Waals surface area contributed by atoms with Gasteiger partial charge in [-0.1, -0.05) is 0 Å². The highest BCUT2D eigenvalue weighted by molar-refractivity contribution is 7.89. The average molecular weight is 394 g/mol. The molecule has 0 saturated carbocycles. The number of imidazole rings is 1. The largest absolute Gasteiger partial charge is 1.00 e. The molecule has 2 rings (SSSR count). The van der Waals surface area contributed by atoms with Crippen molar-refractivity contribution in [2.24, 2.45) is 0 Å². The Morgan fingerprint density at radius 2 is 2.18 bits per heavy atom. The van der Waals surface area contributed by atoms with Crippen LogP contribution in [-0.2, 0) is 16.6 Å². The van der Waals surface area contributed by atoms with E-state index in [1.54, 1.807) is 12.5 Å². The van der Waals surface area contributed by atoms with E-state index in [0.29, 0.717) is 13.0 Å². The molecule has 0 amide bonds. The molecule has 22 heavy (non-hydrogen) atoms. The molecule has 2 N–H and O–H groups in total. The number of H-pyrrole nitrogens is 1. The van der Waals surface area contributed by atoms with Crippen LogP contribution in [0.4, 0.5) is 4.39 Å². The van der Waals surface area contributed by atoms with E-state index in [1.165, 1.54) is 13.2 Å². The number of nitrogens with one attached hydrogen (secondary N) is 2. The predicted octanol–water partition coefficient (Wildman–Crippen LogP) is -2.18. The van der Waals surface area contributed by atoms with Gasteiger partial charge in [-0.05, 0) is 24.6 Å². The minimum Gasteiger partial charge on any atom is -1.00 e. The van der Waals surface area contributed by atoms with Gasteiger partial charge in [0.1, 0.15) is 28.9 Å². The maximum Gasteiger partial charge on any atom is 0.244 e. The van der Waals surface area contributed by atoms with E-state index in [-0.39, 0.29) is 34.2 Å². The van der Waals surface area contributed by atoms with Crippen LogP contribution >= 0.6 is 0 Å². The number of halogens is 2. The number of benzene rings is 1. The third kappa shape index (κ3) is 4.79. The number of aryl methyl sites for hydroxylation is 1. The van der Waals surface area contributed by atoms with Gasteiger partial charge in [0.15, 0.2) is 0 Å². The van der Waals surface area contributed by atoms with Crippen molar-refractivity contribution in [1.29, 1.82) is 0 Å². The van der Waals surface area contributed by atoms with Crippen LogP contribution in [0.15, 0.2) is 41.8 Å². The van der Waals surface area contributed by atoms with Gasteiger partial charge in [-0.2, -0.15) is 0 Å². The van der Waals surface area contributed by atoms with Crippen LogP contribution in [0, 0.1) is 5.82 Å². The molecule has 1 aromatic carbocycles. The van der Waals surface area contributed by atoms with Gasteiger partial charge in [-0.15, -0.1) is 0 Å². The number of hydrogen-bond acceptors (Lipinski definition) is 3. The second kappa shape index (κ2) is 8.25. The summed E-state index contributed by atoms with van der Waals surface area (Å²) in [5, 5.41) is 0. The molecular weight excluding hydrogens is 377 g/mol. The number of sulfonamides is 1. The summed E-state index contributed by atoms with van der Waals surface area (Å²) >= 11 is 0. The standard InChI is InChI=1S/C13H16FN3O3S.BrH/c1-20-12-4-3-11(14)9-13(12)21(18,19)16-5-2-7-17-8-6-15-10-17;/h3-4,6,8-10,16H,2,5,7H2,1H3;1H. The second-order valence-corrected chi connectivity index (χ2v) is 6.13. The zero-order valence-corrected chi connectivity index (χ0v) is 14.3. The Labute approximate surface area is 139 Å². The van der Waals surface area contributed by atoms with E-state index in [1.807, 2.05) is 10.8 Å². The van der Waals surface area contributed by atoms with E-state index in [9.17, 15) is 12.8 Å². The number of methoxy groups -OCH3 is 1. The van der Waals surface area contributed by atoms with Gasteiger partial charge in [-0.3, -0.25) is 4.98 Å². The fourth-order valence-corrected chi connectivity index (χ4v) is 3.12. The molecule has 0 atom stereocenters. The number of aromatic nitrogens is 2. The molecular formula is C13H17BrFN3O3S. The highest BCUT2D eigenvalue weighted by Crippen LogP contribution is 2.24. The van der Waals surface area contributed by atoms with Crippen LogP contribution in [-0.4, -0.2) is 27.1 Å². The number of aromatic amines is 1. The third-order valence-electron chi connectivity index (χ3n) is 2.90. The van der Waals surface area contributed by atoms with Gasteiger partial charge in [0.05, 0.1) is 13.7 Å². The minimum atomic E-state index is -3.80. The van der Waals surface area contributed by atoms with Gasteiger partial charge < -0.3 is 21.7 Å². The van der Waals surface area contributed by atoms with E-state index >= 15 is 0 Å². The summed E-state index contributed by atoms with van der Waals surface area (Å²) in [6.07, 6.45) is 6.02. The van der Waals surface area contributed by atoms with Crippen molar-refractivity contribution < 1.29 is 39.1 Å². The molecule has 0 radical (unpaired) electrons. The quantitative estimate of drug-likeness (QED) is 0.415. The topological polar surface area (TPSA) is 75.1 Å². The second-order valence-electron chi connectivity index (χ2n) is 4.40. The Bertz CT molecular complexity index is 693.